The molecule has 1 aromatic carbocycles. The average Bonchev–Trinajstić information content (AvgIpc) is 2.35. The normalized spacial score (nSPS) is 12.3. The van der Waals surface area contributed by atoms with E-state index in [1.54, 1.807) is 24.5 Å². The fraction of sp³-hybridized carbons (Fsp3) is 0.154. The van der Waals surface area contributed by atoms with Crippen LogP contribution in [0.15, 0.2) is 41.6 Å². The lowest BCUT2D eigenvalue weighted by atomic mass is 10.2. The third kappa shape index (κ3) is 2.71. The number of nitrogens with zero attached hydrogens (tertiary/aromatic N) is 1. The smallest absolute Gasteiger partial charge is 0.0630 e. The van der Waals surface area contributed by atoms with Gasteiger partial charge in [0.05, 0.1) is 21.6 Å². The van der Waals surface area contributed by atoms with Crippen LogP contribution in [0.3, 0.4) is 0 Å². The molecule has 0 aliphatic heterocycles. The van der Waals surface area contributed by atoms with Gasteiger partial charge in [-0.25, -0.2) is 0 Å². The molecule has 2 rings (SSSR count). The molecule has 0 amide bonds. The lowest BCUT2D eigenvalue weighted by Crippen LogP contribution is -2.02. The van der Waals surface area contributed by atoms with Crippen molar-refractivity contribution >= 4 is 28.1 Å². The second kappa shape index (κ2) is 5.50. The van der Waals surface area contributed by atoms with E-state index in [0.717, 1.165) is 16.0 Å². The third-order valence-electron chi connectivity index (χ3n) is 2.71. The minimum absolute atomic E-state index is 0.367. The SMILES string of the molecule is Cc1c(N)cccc1S(=O)Cc1ccncc1Cl. The summed E-state index contributed by atoms with van der Waals surface area (Å²) in [5.41, 5.74) is 8.15. The highest BCUT2D eigenvalue weighted by molar-refractivity contribution is 7.84. The van der Waals surface area contributed by atoms with Gasteiger partial charge in [-0.05, 0) is 36.2 Å². The molecule has 0 saturated carbocycles. The summed E-state index contributed by atoms with van der Waals surface area (Å²) in [6, 6.07) is 7.22. The first kappa shape index (κ1) is 13.1. The summed E-state index contributed by atoms with van der Waals surface area (Å²) in [6.45, 7) is 1.87. The van der Waals surface area contributed by atoms with Crippen LogP contribution in [0.1, 0.15) is 11.1 Å². The van der Waals surface area contributed by atoms with E-state index >= 15 is 0 Å². The zero-order valence-corrected chi connectivity index (χ0v) is 11.5. The Hall–Kier alpha value is -1.39. The van der Waals surface area contributed by atoms with Crippen LogP contribution in [0.2, 0.25) is 5.02 Å². The molecule has 2 N–H and O–H groups in total. The number of anilines is 1. The molecule has 0 aliphatic rings. The summed E-state index contributed by atoms with van der Waals surface area (Å²) >= 11 is 6.01. The van der Waals surface area contributed by atoms with Gasteiger partial charge in [-0.2, -0.15) is 0 Å². The molecular formula is C13H13ClN2OS. The van der Waals surface area contributed by atoms with E-state index in [1.165, 1.54) is 0 Å². The van der Waals surface area contributed by atoms with Crippen molar-refractivity contribution in [3.05, 3.63) is 52.8 Å². The summed E-state index contributed by atoms with van der Waals surface area (Å²) in [5, 5.41) is 0.535. The van der Waals surface area contributed by atoms with Crippen LogP contribution in [0.5, 0.6) is 0 Å². The Morgan fingerprint density at radius 3 is 2.89 bits per heavy atom. The monoisotopic (exact) mass is 280 g/mol. The Morgan fingerprint density at radius 1 is 1.39 bits per heavy atom. The van der Waals surface area contributed by atoms with E-state index in [1.807, 2.05) is 19.1 Å². The predicted molar refractivity (Wildman–Crippen MR) is 75.0 cm³/mol. The number of hydrogen-bond donors (Lipinski definition) is 1. The van der Waals surface area contributed by atoms with Crippen LogP contribution in [0.4, 0.5) is 5.69 Å². The van der Waals surface area contributed by atoms with Crippen molar-refractivity contribution in [3.8, 4) is 0 Å². The van der Waals surface area contributed by atoms with Gasteiger partial charge in [-0.15, -0.1) is 0 Å². The lowest BCUT2D eigenvalue weighted by molar-refractivity contribution is 0.682. The largest absolute Gasteiger partial charge is 0.398 e. The fourth-order valence-electron chi connectivity index (χ4n) is 1.62. The predicted octanol–water partition coefficient (Wildman–Crippen LogP) is 2.93. The van der Waals surface area contributed by atoms with Gasteiger partial charge < -0.3 is 5.73 Å². The first-order valence-electron chi connectivity index (χ1n) is 5.41. The molecule has 0 spiro atoms. The number of nitrogens with two attached hydrogens (primary N) is 1. The fourth-order valence-corrected chi connectivity index (χ4v) is 3.26. The van der Waals surface area contributed by atoms with E-state index in [9.17, 15) is 4.21 Å². The number of hydrogen-bond acceptors (Lipinski definition) is 3. The van der Waals surface area contributed by atoms with Gasteiger partial charge in [-0.3, -0.25) is 9.19 Å². The molecule has 0 radical (unpaired) electrons. The Bertz CT molecular complexity index is 601. The maximum absolute atomic E-state index is 12.3. The van der Waals surface area contributed by atoms with Gasteiger partial charge in [0.1, 0.15) is 0 Å². The highest BCUT2D eigenvalue weighted by Crippen LogP contribution is 2.23. The number of rotatable bonds is 3. The van der Waals surface area contributed by atoms with Crippen molar-refractivity contribution in [3.63, 3.8) is 0 Å². The zero-order chi connectivity index (χ0) is 13.1. The van der Waals surface area contributed by atoms with Crippen LogP contribution >= 0.6 is 11.6 Å². The summed E-state index contributed by atoms with van der Waals surface area (Å²) in [6.07, 6.45) is 3.20. The van der Waals surface area contributed by atoms with E-state index in [4.69, 9.17) is 17.3 Å². The molecule has 1 atom stereocenters. The number of nitrogen functional groups attached to an aromatic ring is 1. The second-order valence-corrected chi connectivity index (χ2v) is 5.75. The van der Waals surface area contributed by atoms with E-state index in [0.29, 0.717) is 16.5 Å². The second-order valence-electron chi connectivity index (χ2n) is 3.93. The summed E-state index contributed by atoms with van der Waals surface area (Å²) in [7, 11) is -1.16. The van der Waals surface area contributed by atoms with Gasteiger partial charge in [0.15, 0.2) is 0 Å². The quantitative estimate of drug-likeness (QED) is 0.880. The van der Waals surface area contributed by atoms with E-state index < -0.39 is 10.8 Å². The molecule has 0 aliphatic carbocycles. The first-order chi connectivity index (χ1) is 8.59. The van der Waals surface area contributed by atoms with Crippen molar-refractivity contribution < 1.29 is 4.21 Å². The summed E-state index contributed by atoms with van der Waals surface area (Å²) in [4.78, 5) is 4.66. The molecule has 94 valence electrons. The highest BCUT2D eigenvalue weighted by Gasteiger charge is 2.11. The molecule has 3 nitrogen and oxygen atoms in total. The molecular weight excluding hydrogens is 268 g/mol. The molecule has 1 aromatic heterocycles. The van der Waals surface area contributed by atoms with Crippen molar-refractivity contribution in [1.29, 1.82) is 0 Å². The van der Waals surface area contributed by atoms with E-state index in [-0.39, 0.29) is 0 Å². The molecule has 1 heterocycles. The average molecular weight is 281 g/mol. The Kier molecular flexibility index (Phi) is 3.99. The topological polar surface area (TPSA) is 56.0 Å². The number of aromatic nitrogens is 1. The highest BCUT2D eigenvalue weighted by atomic mass is 35.5. The van der Waals surface area contributed by atoms with Crippen LogP contribution < -0.4 is 5.73 Å². The van der Waals surface area contributed by atoms with Crippen molar-refractivity contribution in [2.24, 2.45) is 0 Å². The summed E-state index contributed by atoms with van der Waals surface area (Å²) < 4.78 is 12.3. The molecule has 2 aromatic rings. The maximum atomic E-state index is 12.3. The van der Waals surface area contributed by atoms with Gasteiger partial charge in [-0.1, -0.05) is 17.7 Å². The number of halogens is 1. The zero-order valence-electron chi connectivity index (χ0n) is 9.89. The minimum Gasteiger partial charge on any atom is -0.398 e. The summed E-state index contributed by atoms with van der Waals surface area (Å²) in [5.74, 6) is 0.367. The number of pyridine rings is 1. The van der Waals surface area contributed by atoms with Crippen LogP contribution in [-0.2, 0) is 16.6 Å². The van der Waals surface area contributed by atoms with Crippen LogP contribution in [0, 0.1) is 6.92 Å². The molecule has 18 heavy (non-hydrogen) atoms. The van der Waals surface area contributed by atoms with Gasteiger partial charge in [0, 0.05) is 23.0 Å². The van der Waals surface area contributed by atoms with Gasteiger partial charge >= 0.3 is 0 Å². The molecule has 1 unspecified atom stereocenters. The van der Waals surface area contributed by atoms with Crippen molar-refractivity contribution in [2.75, 3.05) is 5.73 Å². The molecule has 0 saturated heterocycles. The Labute approximate surface area is 113 Å². The van der Waals surface area contributed by atoms with Gasteiger partial charge in [0.2, 0.25) is 0 Å². The Morgan fingerprint density at radius 2 is 2.17 bits per heavy atom. The first-order valence-corrected chi connectivity index (χ1v) is 7.11. The third-order valence-corrected chi connectivity index (χ3v) is 4.56. The van der Waals surface area contributed by atoms with Gasteiger partial charge in [0.25, 0.3) is 0 Å². The number of benzene rings is 1. The van der Waals surface area contributed by atoms with Crippen molar-refractivity contribution in [2.45, 2.75) is 17.6 Å². The van der Waals surface area contributed by atoms with E-state index in [2.05, 4.69) is 4.98 Å². The van der Waals surface area contributed by atoms with Crippen LogP contribution in [0.25, 0.3) is 0 Å². The maximum Gasteiger partial charge on any atom is 0.0630 e. The van der Waals surface area contributed by atoms with Crippen molar-refractivity contribution in [1.82, 2.24) is 4.98 Å². The molecule has 0 bridgehead atoms. The standard InChI is InChI=1S/C13H13ClN2OS/c1-9-12(15)3-2-4-13(9)18(17)8-10-5-6-16-7-11(10)14/h2-7H,8,15H2,1H3. The molecule has 0 fully saturated rings. The minimum atomic E-state index is -1.16. The Balaban J connectivity index is 2.28. The van der Waals surface area contributed by atoms with Crippen LogP contribution in [-0.4, -0.2) is 9.19 Å². The lowest BCUT2D eigenvalue weighted by Gasteiger charge is -2.08. The molecule has 5 heteroatoms.